The molecule has 0 fully saturated rings. The van der Waals surface area contributed by atoms with Crippen LogP contribution in [0.2, 0.25) is 5.02 Å². The van der Waals surface area contributed by atoms with Gasteiger partial charge >= 0.3 is 5.97 Å². The van der Waals surface area contributed by atoms with Gasteiger partial charge in [-0.3, -0.25) is 4.79 Å². The number of amides is 1. The van der Waals surface area contributed by atoms with Gasteiger partial charge in [-0.2, -0.15) is 0 Å². The molecule has 3 aromatic rings. The number of nitrogens with zero attached hydrogens (tertiary/aromatic N) is 1. The summed E-state index contributed by atoms with van der Waals surface area (Å²) in [5, 5.41) is 13.0. The molecule has 7 nitrogen and oxygen atoms in total. The molecule has 118 valence electrons. The predicted molar refractivity (Wildman–Crippen MR) is 84.5 cm³/mol. The number of H-pyrrole nitrogens is 2. The third kappa shape index (κ3) is 3.19. The Morgan fingerprint density at radius 1 is 1.39 bits per heavy atom. The number of carbonyl (C=O) groups excluding carboxylic acids is 1. The van der Waals surface area contributed by atoms with Crippen LogP contribution in [0.1, 0.15) is 16.2 Å². The van der Waals surface area contributed by atoms with Crippen LogP contribution < -0.4 is 5.32 Å². The zero-order chi connectivity index (χ0) is 16.4. The zero-order valence-electron chi connectivity index (χ0n) is 11.8. The monoisotopic (exact) mass is 332 g/mol. The van der Waals surface area contributed by atoms with Gasteiger partial charge in [-0.25, -0.2) is 9.78 Å². The molecule has 2 aromatic heterocycles. The molecule has 1 unspecified atom stereocenters. The van der Waals surface area contributed by atoms with Crippen LogP contribution in [-0.2, 0) is 11.2 Å². The number of para-hydroxylation sites is 1. The Hall–Kier alpha value is -2.80. The lowest BCUT2D eigenvalue weighted by Gasteiger charge is -2.12. The van der Waals surface area contributed by atoms with Crippen LogP contribution in [0.3, 0.4) is 0 Å². The number of fused-ring (bicyclic) bond motifs is 1. The molecule has 1 aromatic carbocycles. The average Bonchev–Trinajstić information content (AvgIpc) is 3.15. The van der Waals surface area contributed by atoms with E-state index in [0.717, 1.165) is 5.39 Å². The van der Waals surface area contributed by atoms with Crippen molar-refractivity contribution in [2.24, 2.45) is 0 Å². The third-order valence-corrected chi connectivity index (χ3v) is 3.75. The minimum absolute atomic E-state index is 0.113. The summed E-state index contributed by atoms with van der Waals surface area (Å²) < 4.78 is 0. The molecule has 0 aliphatic rings. The Morgan fingerprint density at radius 3 is 2.87 bits per heavy atom. The first-order valence-electron chi connectivity index (χ1n) is 6.83. The Bertz CT molecular complexity index is 857. The highest BCUT2D eigenvalue weighted by atomic mass is 35.5. The molecule has 0 radical (unpaired) electrons. The molecule has 1 atom stereocenters. The summed E-state index contributed by atoms with van der Waals surface area (Å²) in [5.41, 5.74) is 1.51. The fourth-order valence-electron chi connectivity index (χ4n) is 2.29. The Balaban J connectivity index is 1.80. The summed E-state index contributed by atoms with van der Waals surface area (Å²) >= 11 is 6.06. The molecule has 0 saturated heterocycles. The lowest BCUT2D eigenvalue weighted by molar-refractivity contribution is -0.139. The van der Waals surface area contributed by atoms with Crippen molar-refractivity contribution in [1.82, 2.24) is 20.3 Å². The molecule has 8 heteroatoms. The number of carboxylic acid groups (broad SMARTS) is 1. The molecule has 0 bridgehead atoms. The summed E-state index contributed by atoms with van der Waals surface area (Å²) in [6.45, 7) is 0. The molecule has 0 aliphatic heterocycles. The topological polar surface area (TPSA) is 111 Å². The predicted octanol–water partition coefficient (Wildman–Crippen LogP) is 1.97. The number of carboxylic acids is 1. The molecule has 3 rings (SSSR count). The molecular formula is C15H13ClN4O3. The van der Waals surface area contributed by atoms with Gasteiger partial charge in [0.1, 0.15) is 11.7 Å². The van der Waals surface area contributed by atoms with Crippen molar-refractivity contribution in [3.05, 3.63) is 53.2 Å². The van der Waals surface area contributed by atoms with Gasteiger partial charge in [0, 0.05) is 23.7 Å². The zero-order valence-corrected chi connectivity index (χ0v) is 12.6. The van der Waals surface area contributed by atoms with Crippen LogP contribution in [0.15, 0.2) is 36.8 Å². The molecule has 0 saturated carbocycles. The molecule has 23 heavy (non-hydrogen) atoms. The molecule has 4 N–H and O–H groups in total. The van der Waals surface area contributed by atoms with Crippen molar-refractivity contribution < 1.29 is 14.7 Å². The van der Waals surface area contributed by atoms with Gasteiger partial charge in [0.2, 0.25) is 0 Å². The third-order valence-electron chi connectivity index (χ3n) is 3.43. The van der Waals surface area contributed by atoms with Crippen molar-refractivity contribution in [3.8, 4) is 0 Å². The molecule has 0 spiro atoms. The van der Waals surface area contributed by atoms with Gasteiger partial charge in [0.15, 0.2) is 0 Å². The highest BCUT2D eigenvalue weighted by molar-refractivity contribution is 6.35. The fraction of sp³-hybridized carbons (Fsp3) is 0.133. The number of halogens is 1. The van der Waals surface area contributed by atoms with E-state index in [1.807, 2.05) is 6.07 Å². The van der Waals surface area contributed by atoms with E-state index < -0.39 is 17.9 Å². The highest BCUT2D eigenvalue weighted by Gasteiger charge is 2.22. The summed E-state index contributed by atoms with van der Waals surface area (Å²) in [7, 11) is 0. The fourth-order valence-corrected chi connectivity index (χ4v) is 2.52. The van der Waals surface area contributed by atoms with E-state index in [1.165, 1.54) is 12.5 Å². The first kappa shape index (κ1) is 15.1. The average molecular weight is 333 g/mol. The van der Waals surface area contributed by atoms with Crippen LogP contribution in [0.4, 0.5) is 0 Å². The molecule has 0 aliphatic carbocycles. The minimum atomic E-state index is -1.12. The van der Waals surface area contributed by atoms with Crippen molar-refractivity contribution in [3.63, 3.8) is 0 Å². The van der Waals surface area contributed by atoms with Gasteiger partial charge in [0.05, 0.1) is 16.9 Å². The van der Waals surface area contributed by atoms with Crippen LogP contribution in [0, 0.1) is 0 Å². The van der Waals surface area contributed by atoms with Gasteiger partial charge < -0.3 is 20.4 Å². The van der Waals surface area contributed by atoms with Crippen molar-refractivity contribution in [2.45, 2.75) is 12.5 Å². The summed E-state index contributed by atoms with van der Waals surface area (Å²) in [6.07, 6.45) is 3.09. The van der Waals surface area contributed by atoms with E-state index >= 15 is 0 Å². The van der Waals surface area contributed by atoms with E-state index in [2.05, 4.69) is 20.3 Å². The van der Waals surface area contributed by atoms with Crippen LogP contribution >= 0.6 is 11.6 Å². The number of aliphatic carboxylic acids is 1. The number of benzene rings is 1. The second kappa shape index (κ2) is 6.13. The minimum Gasteiger partial charge on any atom is -0.480 e. The van der Waals surface area contributed by atoms with Gasteiger partial charge in [-0.15, -0.1) is 0 Å². The molecule has 1 amide bonds. The Labute approximate surface area is 135 Å². The number of hydrogen-bond acceptors (Lipinski definition) is 3. The van der Waals surface area contributed by atoms with E-state index in [4.69, 9.17) is 11.6 Å². The van der Waals surface area contributed by atoms with Crippen molar-refractivity contribution >= 4 is 34.4 Å². The number of imidazole rings is 1. The maximum atomic E-state index is 12.3. The quantitative estimate of drug-likeness (QED) is 0.572. The standard InChI is InChI=1S/C15H13ClN4O3/c16-10-3-1-2-8-4-11(19-13(8)10)14(21)20-12(15(22)23)5-9-6-17-7-18-9/h1-4,6-7,12,19H,5H2,(H,17,18)(H,20,21)(H,22,23). The lowest BCUT2D eigenvalue weighted by atomic mass is 10.1. The second-order valence-corrected chi connectivity index (χ2v) is 5.44. The maximum Gasteiger partial charge on any atom is 0.326 e. The maximum absolute atomic E-state index is 12.3. The molecular weight excluding hydrogens is 320 g/mol. The summed E-state index contributed by atoms with van der Waals surface area (Å²) in [5.74, 6) is -1.63. The number of carbonyl (C=O) groups is 2. The number of aromatic nitrogens is 3. The van der Waals surface area contributed by atoms with Gasteiger partial charge in [-0.05, 0) is 12.1 Å². The number of aromatic amines is 2. The first-order valence-corrected chi connectivity index (χ1v) is 7.20. The second-order valence-electron chi connectivity index (χ2n) is 5.03. The van der Waals surface area contributed by atoms with E-state index in [0.29, 0.717) is 16.2 Å². The van der Waals surface area contributed by atoms with Crippen molar-refractivity contribution in [1.29, 1.82) is 0 Å². The number of rotatable bonds is 5. The Morgan fingerprint density at radius 2 is 2.22 bits per heavy atom. The van der Waals surface area contributed by atoms with Gasteiger partial charge in [0.25, 0.3) is 5.91 Å². The van der Waals surface area contributed by atoms with E-state index in [1.54, 1.807) is 18.2 Å². The van der Waals surface area contributed by atoms with Crippen LogP contribution in [0.25, 0.3) is 10.9 Å². The highest BCUT2D eigenvalue weighted by Crippen LogP contribution is 2.23. The smallest absolute Gasteiger partial charge is 0.326 e. The SMILES string of the molecule is O=C(NC(Cc1cnc[nH]1)C(=O)O)c1cc2cccc(Cl)c2[nH]1. The summed E-state index contributed by atoms with van der Waals surface area (Å²) in [6, 6.07) is 5.86. The molecule has 2 heterocycles. The van der Waals surface area contributed by atoms with Crippen LogP contribution in [-0.4, -0.2) is 38.0 Å². The summed E-state index contributed by atoms with van der Waals surface area (Å²) in [4.78, 5) is 33.2. The number of nitrogens with one attached hydrogen (secondary N) is 3. The first-order chi connectivity index (χ1) is 11.0. The van der Waals surface area contributed by atoms with E-state index in [-0.39, 0.29) is 12.1 Å². The van der Waals surface area contributed by atoms with Gasteiger partial charge in [-0.1, -0.05) is 23.7 Å². The van der Waals surface area contributed by atoms with E-state index in [9.17, 15) is 14.7 Å². The largest absolute Gasteiger partial charge is 0.480 e. The number of hydrogen-bond donors (Lipinski definition) is 4. The lowest BCUT2D eigenvalue weighted by Crippen LogP contribution is -2.42. The normalized spacial score (nSPS) is 12.2. The van der Waals surface area contributed by atoms with Crippen molar-refractivity contribution in [2.75, 3.05) is 0 Å². The Kier molecular flexibility index (Phi) is 4.03. The van der Waals surface area contributed by atoms with Crippen LogP contribution in [0.5, 0.6) is 0 Å².